The average Bonchev–Trinajstić information content (AvgIpc) is 3.27. The molecule has 0 saturated heterocycles. The molecule has 5 rings (SSSR count). The van der Waals surface area contributed by atoms with Gasteiger partial charge in [0.05, 0.1) is 11.6 Å². The number of rotatable bonds is 5. The average molecular weight is 401 g/mol. The van der Waals surface area contributed by atoms with Gasteiger partial charge in [0.25, 0.3) is 0 Å². The molecule has 0 saturated carbocycles. The summed E-state index contributed by atoms with van der Waals surface area (Å²) >= 11 is 0. The summed E-state index contributed by atoms with van der Waals surface area (Å²) in [6.07, 6.45) is 3.69. The molecule has 1 N–H and O–H groups in total. The molecule has 148 valence electrons. The van der Waals surface area contributed by atoms with Crippen LogP contribution in [-0.2, 0) is 6.61 Å². The lowest BCUT2D eigenvalue weighted by molar-refractivity contribution is 0.306. The Morgan fingerprint density at radius 2 is 1.61 bits per heavy atom. The Labute approximate surface area is 180 Å². The first-order valence-corrected chi connectivity index (χ1v) is 10.0. The predicted molar refractivity (Wildman–Crippen MR) is 122 cm³/mol. The van der Waals surface area contributed by atoms with E-state index in [2.05, 4.69) is 46.4 Å². The molecule has 0 unspecified atom stereocenters. The monoisotopic (exact) mass is 401 g/mol. The first kappa shape index (κ1) is 18.7. The number of H-pyrrole nitrogens is 1. The Balaban J connectivity index is 1.40. The summed E-state index contributed by atoms with van der Waals surface area (Å²) in [7, 11) is 0. The van der Waals surface area contributed by atoms with Crippen molar-refractivity contribution in [3.8, 4) is 34.2 Å². The second-order valence-corrected chi connectivity index (χ2v) is 7.36. The van der Waals surface area contributed by atoms with Crippen molar-refractivity contribution in [1.29, 1.82) is 5.26 Å². The number of nitrogens with one attached hydrogen (secondary N) is 1. The molecule has 0 aliphatic heterocycles. The fourth-order valence-corrected chi connectivity index (χ4v) is 3.58. The number of benzene rings is 3. The van der Waals surface area contributed by atoms with E-state index in [0.29, 0.717) is 12.2 Å². The standard InChI is InChI=1S/C27H19N3O/c28-15-19-6-8-21(9-7-19)23-12-24(17-29-16-23)27-14-22-13-25(10-11-26(22)30-27)31-18-20-4-2-1-3-5-20/h1-14,16-17,30H,18H2. The molecular formula is C27H19N3O. The Hall–Kier alpha value is -4.36. The molecule has 0 aliphatic carbocycles. The van der Waals surface area contributed by atoms with Crippen molar-refractivity contribution in [2.45, 2.75) is 6.61 Å². The summed E-state index contributed by atoms with van der Waals surface area (Å²) in [5.74, 6) is 0.839. The van der Waals surface area contributed by atoms with Gasteiger partial charge in [-0.15, -0.1) is 0 Å². The highest BCUT2D eigenvalue weighted by Gasteiger charge is 2.08. The SMILES string of the molecule is N#Cc1ccc(-c2cncc(-c3cc4cc(OCc5ccccc5)ccc4[nH]3)c2)cc1. The normalized spacial score (nSPS) is 10.7. The molecule has 0 spiro atoms. The number of aromatic amines is 1. The van der Waals surface area contributed by atoms with Gasteiger partial charge in [-0.25, -0.2) is 0 Å². The summed E-state index contributed by atoms with van der Waals surface area (Å²) in [6, 6.07) is 30.1. The number of pyridine rings is 1. The molecule has 2 heterocycles. The molecule has 4 nitrogen and oxygen atoms in total. The quantitative estimate of drug-likeness (QED) is 0.373. The van der Waals surface area contributed by atoms with Gasteiger partial charge in [-0.2, -0.15) is 5.26 Å². The molecule has 0 amide bonds. The van der Waals surface area contributed by atoms with Crippen LogP contribution in [0.4, 0.5) is 0 Å². The van der Waals surface area contributed by atoms with Gasteiger partial charge in [-0.1, -0.05) is 42.5 Å². The largest absolute Gasteiger partial charge is 0.489 e. The topological polar surface area (TPSA) is 61.7 Å². The number of aromatic nitrogens is 2. The van der Waals surface area contributed by atoms with Crippen LogP contribution in [0.15, 0.2) is 97.3 Å². The summed E-state index contributed by atoms with van der Waals surface area (Å²) < 4.78 is 5.96. The molecule has 4 heteroatoms. The first-order valence-electron chi connectivity index (χ1n) is 10.0. The van der Waals surface area contributed by atoms with Crippen molar-refractivity contribution in [1.82, 2.24) is 9.97 Å². The molecule has 0 aliphatic rings. The van der Waals surface area contributed by atoms with E-state index in [9.17, 15) is 0 Å². The van der Waals surface area contributed by atoms with Crippen molar-refractivity contribution < 1.29 is 4.74 Å². The van der Waals surface area contributed by atoms with Crippen LogP contribution in [0.3, 0.4) is 0 Å². The maximum atomic E-state index is 9.00. The minimum absolute atomic E-state index is 0.542. The number of nitriles is 1. The smallest absolute Gasteiger partial charge is 0.120 e. The van der Waals surface area contributed by atoms with Gasteiger partial charge in [0.15, 0.2) is 0 Å². The number of nitrogens with zero attached hydrogens (tertiary/aromatic N) is 2. The van der Waals surface area contributed by atoms with E-state index in [1.807, 2.05) is 67.0 Å². The van der Waals surface area contributed by atoms with E-state index < -0.39 is 0 Å². The molecule has 0 bridgehead atoms. The number of hydrogen-bond donors (Lipinski definition) is 1. The zero-order valence-electron chi connectivity index (χ0n) is 16.7. The van der Waals surface area contributed by atoms with Crippen LogP contribution >= 0.6 is 0 Å². The Bertz CT molecular complexity index is 1380. The van der Waals surface area contributed by atoms with E-state index in [1.54, 1.807) is 0 Å². The fourth-order valence-electron chi connectivity index (χ4n) is 3.58. The van der Waals surface area contributed by atoms with Crippen LogP contribution in [-0.4, -0.2) is 9.97 Å². The van der Waals surface area contributed by atoms with Crippen LogP contribution in [0.5, 0.6) is 5.75 Å². The predicted octanol–water partition coefficient (Wildman–Crippen LogP) is 6.35. The van der Waals surface area contributed by atoms with Gasteiger partial charge < -0.3 is 9.72 Å². The molecular weight excluding hydrogens is 382 g/mol. The van der Waals surface area contributed by atoms with Crippen LogP contribution in [0.2, 0.25) is 0 Å². The van der Waals surface area contributed by atoms with Gasteiger partial charge in [-0.05, 0) is 53.6 Å². The first-order chi connectivity index (χ1) is 15.3. The lowest BCUT2D eigenvalue weighted by Crippen LogP contribution is -1.94. The van der Waals surface area contributed by atoms with E-state index in [4.69, 9.17) is 10.00 Å². The lowest BCUT2D eigenvalue weighted by Gasteiger charge is -2.06. The van der Waals surface area contributed by atoms with Crippen molar-refractivity contribution in [2.24, 2.45) is 0 Å². The summed E-state index contributed by atoms with van der Waals surface area (Å²) in [5, 5.41) is 10.1. The molecule has 0 atom stereocenters. The minimum atomic E-state index is 0.542. The van der Waals surface area contributed by atoms with E-state index in [0.717, 1.165) is 44.6 Å². The fraction of sp³-hybridized carbons (Fsp3) is 0.0370. The van der Waals surface area contributed by atoms with Gasteiger partial charge in [0.2, 0.25) is 0 Å². The summed E-state index contributed by atoms with van der Waals surface area (Å²) in [6.45, 7) is 0.542. The van der Waals surface area contributed by atoms with E-state index >= 15 is 0 Å². The molecule has 3 aromatic carbocycles. The van der Waals surface area contributed by atoms with Crippen LogP contribution in [0.1, 0.15) is 11.1 Å². The maximum absolute atomic E-state index is 9.00. The molecule has 0 radical (unpaired) electrons. The molecule has 2 aromatic heterocycles. The van der Waals surface area contributed by atoms with Crippen LogP contribution in [0, 0.1) is 11.3 Å². The molecule has 5 aromatic rings. The second-order valence-electron chi connectivity index (χ2n) is 7.36. The third-order valence-corrected chi connectivity index (χ3v) is 5.24. The highest BCUT2D eigenvalue weighted by atomic mass is 16.5. The van der Waals surface area contributed by atoms with E-state index in [-0.39, 0.29) is 0 Å². The second kappa shape index (κ2) is 8.17. The van der Waals surface area contributed by atoms with E-state index in [1.165, 1.54) is 0 Å². The Kier molecular flexibility index (Phi) is 4.92. The highest BCUT2D eigenvalue weighted by Crippen LogP contribution is 2.29. The van der Waals surface area contributed by atoms with Gasteiger partial charge in [0, 0.05) is 40.1 Å². The molecule has 31 heavy (non-hydrogen) atoms. The van der Waals surface area contributed by atoms with Crippen molar-refractivity contribution in [3.05, 3.63) is 108 Å². The van der Waals surface area contributed by atoms with Crippen molar-refractivity contribution in [2.75, 3.05) is 0 Å². The van der Waals surface area contributed by atoms with Gasteiger partial charge >= 0.3 is 0 Å². The Morgan fingerprint density at radius 3 is 2.42 bits per heavy atom. The van der Waals surface area contributed by atoms with Crippen LogP contribution in [0.25, 0.3) is 33.3 Å². The van der Waals surface area contributed by atoms with Crippen LogP contribution < -0.4 is 4.74 Å². The third-order valence-electron chi connectivity index (χ3n) is 5.24. The van der Waals surface area contributed by atoms with Gasteiger partial charge in [0.1, 0.15) is 12.4 Å². The Morgan fingerprint density at radius 1 is 0.806 bits per heavy atom. The van der Waals surface area contributed by atoms with Gasteiger partial charge in [-0.3, -0.25) is 4.98 Å². The third kappa shape index (κ3) is 4.03. The van der Waals surface area contributed by atoms with Crippen molar-refractivity contribution in [3.63, 3.8) is 0 Å². The maximum Gasteiger partial charge on any atom is 0.120 e. The highest BCUT2D eigenvalue weighted by molar-refractivity contribution is 5.87. The molecule has 0 fully saturated rings. The number of hydrogen-bond acceptors (Lipinski definition) is 3. The zero-order valence-corrected chi connectivity index (χ0v) is 16.7. The summed E-state index contributed by atoms with van der Waals surface area (Å²) in [5.41, 5.74) is 6.87. The summed E-state index contributed by atoms with van der Waals surface area (Å²) in [4.78, 5) is 7.89. The minimum Gasteiger partial charge on any atom is -0.489 e. The van der Waals surface area contributed by atoms with Crippen molar-refractivity contribution >= 4 is 10.9 Å². The lowest BCUT2D eigenvalue weighted by atomic mass is 10.0. The number of fused-ring (bicyclic) bond motifs is 1. The zero-order chi connectivity index (χ0) is 21.0. The number of ether oxygens (including phenoxy) is 1.